The minimum Gasteiger partial charge on any atom is -0.337 e. The standard InChI is InChI=1S/C26H26N6O2S/c1-17-9-8-12-20(18(17)2)31-23(34)19-10-4-5-11-21(19)32-24(31)29-30-25(32)35-15-22(33)28-26(16-27)13-6-3-7-14-26/h4-5,8-12H,3,6-7,13-15H2,1-2H3,(H,28,33). The average Bonchev–Trinajstić information content (AvgIpc) is 3.30. The van der Waals surface area contributed by atoms with E-state index in [-0.39, 0.29) is 17.2 Å². The van der Waals surface area contributed by atoms with E-state index >= 15 is 0 Å². The molecule has 8 nitrogen and oxygen atoms in total. The number of aryl methyl sites for hydroxylation is 1. The van der Waals surface area contributed by atoms with Crippen LogP contribution in [0.1, 0.15) is 43.2 Å². The summed E-state index contributed by atoms with van der Waals surface area (Å²) >= 11 is 1.25. The van der Waals surface area contributed by atoms with Crippen LogP contribution in [-0.4, -0.2) is 36.4 Å². The Balaban J connectivity index is 1.55. The molecule has 1 N–H and O–H groups in total. The maximum atomic E-state index is 13.6. The SMILES string of the molecule is Cc1cccc(-n2c(=O)c3ccccc3n3c(SCC(=O)NC4(C#N)CCCCC4)nnc23)c1C. The van der Waals surface area contributed by atoms with E-state index in [1.165, 1.54) is 11.8 Å². The number of para-hydroxylation sites is 1. The van der Waals surface area contributed by atoms with Crippen molar-refractivity contribution in [3.63, 3.8) is 0 Å². The molecule has 178 valence electrons. The van der Waals surface area contributed by atoms with Crippen molar-refractivity contribution in [2.24, 2.45) is 0 Å². The summed E-state index contributed by atoms with van der Waals surface area (Å²) in [5, 5.41) is 22.4. The number of nitrogens with zero attached hydrogens (tertiary/aromatic N) is 5. The van der Waals surface area contributed by atoms with Crippen LogP contribution in [0.25, 0.3) is 22.4 Å². The molecule has 4 aromatic rings. The van der Waals surface area contributed by atoms with Gasteiger partial charge >= 0.3 is 0 Å². The number of fused-ring (bicyclic) bond motifs is 3. The van der Waals surface area contributed by atoms with Gasteiger partial charge in [-0.15, -0.1) is 10.2 Å². The van der Waals surface area contributed by atoms with Gasteiger partial charge in [0.05, 0.1) is 28.4 Å². The smallest absolute Gasteiger partial charge is 0.267 e. The Labute approximate surface area is 207 Å². The van der Waals surface area contributed by atoms with Gasteiger partial charge in [-0.05, 0) is 56.0 Å². The molecule has 1 fully saturated rings. The normalized spacial score (nSPS) is 15.2. The summed E-state index contributed by atoms with van der Waals surface area (Å²) in [5.41, 5.74) is 2.54. The van der Waals surface area contributed by atoms with E-state index in [9.17, 15) is 14.9 Å². The molecule has 1 amide bonds. The molecule has 0 saturated heterocycles. The third kappa shape index (κ3) is 4.08. The van der Waals surface area contributed by atoms with E-state index in [1.807, 2.05) is 54.6 Å². The molecule has 0 aliphatic heterocycles. The van der Waals surface area contributed by atoms with Crippen LogP contribution in [-0.2, 0) is 4.79 Å². The highest BCUT2D eigenvalue weighted by Gasteiger charge is 2.33. The molecular weight excluding hydrogens is 460 g/mol. The molecule has 2 aromatic heterocycles. The predicted octanol–water partition coefficient (Wildman–Crippen LogP) is 4.09. The lowest BCUT2D eigenvalue weighted by Crippen LogP contribution is -2.49. The van der Waals surface area contributed by atoms with E-state index in [0.29, 0.717) is 34.7 Å². The molecule has 0 radical (unpaired) electrons. The van der Waals surface area contributed by atoms with Gasteiger partial charge in [0.2, 0.25) is 11.7 Å². The monoisotopic (exact) mass is 486 g/mol. The Morgan fingerprint density at radius 3 is 2.66 bits per heavy atom. The lowest BCUT2D eigenvalue weighted by Gasteiger charge is -2.31. The Hall–Kier alpha value is -3.64. The van der Waals surface area contributed by atoms with Crippen molar-refractivity contribution in [3.05, 3.63) is 63.9 Å². The molecule has 0 atom stereocenters. The van der Waals surface area contributed by atoms with Gasteiger partial charge in [0.15, 0.2) is 5.16 Å². The predicted molar refractivity (Wildman–Crippen MR) is 136 cm³/mol. The van der Waals surface area contributed by atoms with Gasteiger partial charge in [0, 0.05) is 0 Å². The molecule has 1 saturated carbocycles. The van der Waals surface area contributed by atoms with Crippen molar-refractivity contribution in [1.29, 1.82) is 5.26 Å². The zero-order chi connectivity index (χ0) is 24.6. The van der Waals surface area contributed by atoms with E-state index < -0.39 is 5.54 Å². The van der Waals surface area contributed by atoms with Crippen LogP contribution in [0.3, 0.4) is 0 Å². The third-order valence-electron chi connectivity index (χ3n) is 6.84. The van der Waals surface area contributed by atoms with Crippen LogP contribution < -0.4 is 10.9 Å². The first kappa shape index (κ1) is 23.1. The molecule has 1 aliphatic rings. The molecule has 0 bridgehead atoms. The van der Waals surface area contributed by atoms with Crippen molar-refractivity contribution in [3.8, 4) is 11.8 Å². The fourth-order valence-corrected chi connectivity index (χ4v) is 5.56. The fourth-order valence-electron chi connectivity index (χ4n) is 4.82. The summed E-state index contributed by atoms with van der Waals surface area (Å²) < 4.78 is 3.42. The summed E-state index contributed by atoms with van der Waals surface area (Å²) in [7, 11) is 0. The average molecular weight is 487 g/mol. The Morgan fingerprint density at radius 1 is 1.11 bits per heavy atom. The van der Waals surface area contributed by atoms with Gasteiger partial charge in [0.25, 0.3) is 5.56 Å². The molecule has 35 heavy (non-hydrogen) atoms. The van der Waals surface area contributed by atoms with Gasteiger partial charge in [0.1, 0.15) is 5.54 Å². The summed E-state index contributed by atoms with van der Waals surface area (Å²) in [4.78, 5) is 26.4. The second kappa shape index (κ2) is 9.19. The molecule has 1 aliphatic carbocycles. The number of rotatable bonds is 5. The lowest BCUT2D eigenvalue weighted by molar-refractivity contribution is -0.120. The second-order valence-electron chi connectivity index (χ2n) is 9.09. The molecule has 0 unspecified atom stereocenters. The Morgan fingerprint density at radius 2 is 1.89 bits per heavy atom. The van der Waals surface area contributed by atoms with Crippen LogP contribution in [0.15, 0.2) is 52.4 Å². The summed E-state index contributed by atoms with van der Waals surface area (Å²) in [6.45, 7) is 3.99. The highest BCUT2D eigenvalue weighted by molar-refractivity contribution is 7.99. The molecule has 2 aromatic carbocycles. The largest absolute Gasteiger partial charge is 0.337 e. The van der Waals surface area contributed by atoms with Crippen molar-refractivity contribution >= 4 is 34.3 Å². The van der Waals surface area contributed by atoms with Crippen LogP contribution in [0.5, 0.6) is 0 Å². The van der Waals surface area contributed by atoms with Crippen LogP contribution in [0.4, 0.5) is 0 Å². The van der Waals surface area contributed by atoms with Gasteiger partial charge in [-0.1, -0.05) is 55.3 Å². The fraction of sp³-hybridized carbons (Fsp3) is 0.346. The topological polar surface area (TPSA) is 105 Å². The van der Waals surface area contributed by atoms with Crippen LogP contribution in [0.2, 0.25) is 0 Å². The van der Waals surface area contributed by atoms with Crippen molar-refractivity contribution < 1.29 is 4.79 Å². The number of nitrogens with one attached hydrogen (secondary N) is 1. The van der Waals surface area contributed by atoms with E-state index in [0.717, 1.165) is 36.1 Å². The maximum absolute atomic E-state index is 13.6. The minimum absolute atomic E-state index is 0.0984. The second-order valence-corrected chi connectivity index (χ2v) is 10.0. The number of carbonyl (C=O) groups excluding carboxylic acids is 1. The number of carbonyl (C=O) groups is 1. The zero-order valence-corrected chi connectivity index (χ0v) is 20.6. The van der Waals surface area contributed by atoms with E-state index in [4.69, 9.17) is 0 Å². The van der Waals surface area contributed by atoms with E-state index in [1.54, 1.807) is 10.6 Å². The zero-order valence-electron chi connectivity index (χ0n) is 19.7. The minimum atomic E-state index is -0.779. The number of nitriles is 1. The quantitative estimate of drug-likeness (QED) is 0.426. The van der Waals surface area contributed by atoms with Crippen LogP contribution in [0, 0.1) is 25.2 Å². The van der Waals surface area contributed by atoms with Gasteiger partial charge < -0.3 is 5.32 Å². The van der Waals surface area contributed by atoms with Crippen LogP contribution >= 0.6 is 11.8 Å². The molecule has 5 rings (SSSR count). The molecule has 2 heterocycles. The number of thioether (sulfide) groups is 1. The number of hydrogen-bond acceptors (Lipinski definition) is 6. The Kier molecular flexibility index (Phi) is 6.07. The van der Waals surface area contributed by atoms with Gasteiger partial charge in [-0.2, -0.15) is 5.26 Å². The van der Waals surface area contributed by atoms with Crippen molar-refractivity contribution in [2.75, 3.05) is 5.75 Å². The number of hydrogen-bond donors (Lipinski definition) is 1. The lowest BCUT2D eigenvalue weighted by atomic mass is 9.83. The van der Waals surface area contributed by atoms with E-state index in [2.05, 4.69) is 21.6 Å². The summed E-state index contributed by atoms with van der Waals surface area (Å²) in [6.07, 6.45) is 4.34. The number of aromatic nitrogens is 4. The molecular formula is C26H26N6O2S. The molecule has 0 spiro atoms. The highest BCUT2D eigenvalue weighted by atomic mass is 32.2. The van der Waals surface area contributed by atoms with Crippen molar-refractivity contribution in [2.45, 2.75) is 56.6 Å². The summed E-state index contributed by atoms with van der Waals surface area (Å²) in [6, 6.07) is 15.5. The number of amides is 1. The first-order valence-electron chi connectivity index (χ1n) is 11.7. The third-order valence-corrected chi connectivity index (χ3v) is 7.77. The Bertz CT molecular complexity index is 1540. The molecule has 9 heteroatoms. The van der Waals surface area contributed by atoms with Gasteiger partial charge in [-0.25, -0.2) is 4.57 Å². The maximum Gasteiger partial charge on any atom is 0.267 e. The van der Waals surface area contributed by atoms with Gasteiger partial charge in [-0.3, -0.25) is 14.0 Å². The first-order chi connectivity index (χ1) is 16.9. The van der Waals surface area contributed by atoms with Crippen molar-refractivity contribution in [1.82, 2.24) is 24.5 Å². The first-order valence-corrected chi connectivity index (χ1v) is 12.7. The number of benzene rings is 2. The highest BCUT2D eigenvalue weighted by Crippen LogP contribution is 2.28. The summed E-state index contributed by atoms with van der Waals surface area (Å²) in [5.74, 6) is 0.287.